The minimum Gasteiger partial charge on any atom is -0.312 e. The second-order valence-electron chi connectivity index (χ2n) is 5.06. The molecule has 1 aliphatic heterocycles. The molecule has 0 atom stereocenters. The highest BCUT2D eigenvalue weighted by molar-refractivity contribution is 6.30. The minimum absolute atomic E-state index is 0.137. The molecule has 1 aromatic carbocycles. The third-order valence-electron chi connectivity index (χ3n) is 3.65. The minimum atomic E-state index is -0.396. The van der Waals surface area contributed by atoms with E-state index in [0.29, 0.717) is 0 Å². The van der Waals surface area contributed by atoms with Crippen molar-refractivity contribution in [3.63, 3.8) is 0 Å². The zero-order valence-corrected chi connectivity index (χ0v) is 12.2. The van der Waals surface area contributed by atoms with E-state index < -0.39 is 5.82 Å². The Morgan fingerprint density at radius 3 is 3.05 bits per heavy atom. The van der Waals surface area contributed by atoms with E-state index in [2.05, 4.69) is 12.2 Å². The molecule has 1 aliphatic rings. The van der Waals surface area contributed by atoms with Crippen molar-refractivity contribution in [1.29, 1.82) is 0 Å². The van der Waals surface area contributed by atoms with Crippen molar-refractivity contribution in [2.45, 2.75) is 32.7 Å². The van der Waals surface area contributed by atoms with Crippen LogP contribution in [0.4, 0.5) is 4.39 Å². The van der Waals surface area contributed by atoms with Gasteiger partial charge in [0.25, 0.3) is 0 Å². The summed E-state index contributed by atoms with van der Waals surface area (Å²) < 4.78 is 15.2. The van der Waals surface area contributed by atoms with Crippen molar-refractivity contribution >= 4 is 11.6 Å². The lowest BCUT2D eigenvalue weighted by atomic mass is 10.0. The van der Waals surface area contributed by atoms with Crippen molar-refractivity contribution in [1.82, 2.24) is 15.1 Å². The number of halogens is 2. The van der Waals surface area contributed by atoms with Gasteiger partial charge in [-0.25, -0.2) is 9.07 Å². The summed E-state index contributed by atoms with van der Waals surface area (Å²) in [5.41, 5.74) is 4.47. The van der Waals surface area contributed by atoms with Crippen molar-refractivity contribution < 1.29 is 4.39 Å². The predicted molar refractivity (Wildman–Crippen MR) is 77.9 cm³/mol. The lowest BCUT2D eigenvalue weighted by Gasteiger charge is -2.15. The normalized spacial score (nSPS) is 14.3. The zero-order valence-electron chi connectivity index (χ0n) is 11.4. The molecule has 106 valence electrons. The summed E-state index contributed by atoms with van der Waals surface area (Å²) in [6.07, 6.45) is 2.96. The van der Waals surface area contributed by atoms with Crippen molar-refractivity contribution in [2.75, 3.05) is 6.54 Å². The summed E-state index contributed by atoms with van der Waals surface area (Å²) >= 11 is 5.89. The number of hydrogen-bond acceptors (Lipinski definition) is 2. The van der Waals surface area contributed by atoms with Crippen LogP contribution in [0.2, 0.25) is 5.02 Å². The van der Waals surface area contributed by atoms with Gasteiger partial charge in [-0.1, -0.05) is 24.9 Å². The number of aryl methyl sites for hydroxylation is 1. The first-order chi connectivity index (χ1) is 9.70. The van der Waals surface area contributed by atoms with E-state index in [1.54, 1.807) is 12.1 Å². The molecule has 0 radical (unpaired) electrons. The molecule has 0 bridgehead atoms. The van der Waals surface area contributed by atoms with Gasteiger partial charge in [-0.05, 0) is 24.6 Å². The molecule has 1 N–H and O–H groups in total. The standard InChI is InChI=1S/C15H17ClFN3/c1-2-3-14-11-9-18-7-6-15(11)20(19-14)10-4-5-13(17)12(16)8-10/h4-5,8,18H,2-3,6-7,9H2,1H3. The molecule has 5 heteroatoms. The van der Waals surface area contributed by atoms with Gasteiger partial charge in [-0.15, -0.1) is 0 Å². The fourth-order valence-electron chi connectivity index (χ4n) is 2.68. The zero-order chi connectivity index (χ0) is 14.1. The summed E-state index contributed by atoms with van der Waals surface area (Å²) in [5, 5.41) is 8.24. The van der Waals surface area contributed by atoms with Gasteiger partial charge >= 0.3 is 0 Å². The lowest BCUT2D eigenvalue weighted by molar-refractivity contribution is 0.618. The smallest absolute Gasteiger partial charge is 0.141 e. The second kappa shape index (κ2) is 5.54. The van der Waals surface area contributed by atoms with Gasteiger partial charge in [-0.2, -0.15) is 5.10 Å². The average molecular weight is 294 g/mol. The van der Waals surface area contributed by atoms with Gasteiger partial charge in [0.15, 0.2) is 0 Å². The molecule has 0 spiro atoms. The molecule has 2 heterocycles. The largest absolute Gasteiger partial charge is 0.312 e. The summed E-state index contributed by atoms with van der Waals surface area (Å²) in [5.74, 6) is -0.396. The highest BCUT2D eigenvalue weighted by Gasteiger charge is 2.21. The Morgan fingerprint density at radius 1 is 1.45 bits per heavy atom. The Balaban J connectivity index is 2.10. The van der Waals surface area contributed by atoms with Gasteiger partial charge in [0.2, 0.25) is 0 Å². The predicted octanol–water partition coefficient (Wildman–Crippen LogP) is 3.26. The van der Waals surface area contributed by atoms with Crippen LogP contribution in [0.5, 0.6) is 0 Å². The fourth-order valence-corrected chi connectivity index (χ4v) is 2.86. The molecule has 0 amide bonds. The molecule has 3 rings (SSSR count). The maximum atomic E-state index is 13.3. The van der Waals surface area contributed by atoms with Gasteiger partial charge < -0.3 is 5.32 Å². The number of nitrogens with one attached hydrogen (secondary N) is 1. The Morgan fingerprint density at radius 2 is 2.30 bits per heavy atom. The van der Waals surface area contributed by atoms with Gasteiger partial charge in [-0.3, -0.25) is 0 Å². The molecular weight excluding hydrogens is 277 g/mol. The summed E-state index contributed by atoms with van der Waals surface area (Å²) in [6, 6.07) is 4.76. The average Bonchev–Trinajstić information content (AvgIpc) is 2.82. The molecule has 1 aromatic heterocycles. The molecule has 0 aliphatic carbocycles. The quantitative estimate of drug-likeness (QED) is 0.941. The molecule has 3 nitrogen and oxygen atoms in total. The Kier molecular flexibility index (Phi) is 3.76. The molecule has 0 unspecified atom stereocenters. The van der Waals surface area contributed by atoms with E-state index in [4.69, 9.17) is 16.7 Å². The van der Waals surface area contributed by atoms with Crippen LogP contribution in [-0.4, -0.2) is 16.3 Å². The number of hydrogen-bond donors (Lipinski definition) is 1. The van der Waals surface area contributed by atoms with Crippen molar-refractivity contribution in [3.05, 3.63) is 46.0 Å². The maximum absolute atomic E-state index is 13.3. The first kappa shape index (κ1) is 13.6. The third kappa shape index (κ3) is 2.34. The van der Waals surface area contributed by atoms with E-state index in [1.165, 1.54) is 17.3 Å². The third-order valence-corrected chi connectivity index (χ3v) is 3.94. The topological polar surface area (TPSA) is 29.9 Å². The van der Waals surface area contributed by atoms with Crippen LogP contribution in [0.1, 0.15) is 30.3 Å². The Hall–Kier alpha value is -1.39. The van der Waals surface area contributed by atoms with Crippen LogP contribution in [0.25, 0.3) is 5.69 Å². The number of rotatable bonds is 3. The molecule has 0 fully saturated rings. The summed E-state index contributed by atoms with van der Waals surface area (Å²) in [7, 11) is 0. The summed E-state index contributed by atoms with van der Waals surface area (Å²) in [6.45, 7) is 3.95. The Labute approximate surface area is 122 Å². The fraction of sp³-hybridized carbons (Fsp3) is 0.400. The molecule has 0 saturated carbocycles. The van der Waals surface area contributed by atoms with Gasteiger partial charge in [0.05, 0.1) is 22.1 Å². The second-order valence-corrected chi connectivity index (χ2v) is 5.47. The van der Waals surface area contributed by atoms with E-state index in [9.17, 15) is 4.39 Å². The monoisotopic (exact) mass is 293 g/mol. The van der Waals surface area contributed by atoms with E-state index in [1.807, 2.05) is 4.68 Å². The highest BCUT2D eigenvalue weighted by Crippen LogP contribution is 2.25. The highest BCUT2D eigenvalue weighted by atomic mass is 35.5. The van der Waals surface area contributed by atoms with Crippen LogP contribution in [0, 0.1) is 5.82 Å². The van der Waals surface area contributed by atoms with E-state index >= 15 is 0 Å². The van der Waals surface area contributed by atoms with Crippen molar-refractivity contribution in [3.8, 4) is 5.69 Å². The lowest BCUT2D eigenvalue weighted by Crippen LogP contribution is -2.25. The summed E-state index contributed by atoms with van der Waals surface area (Å²) in [4.78, 5) is 0. The number of nitrogens with zero attached hydrogens (tertiary/aromatic N) is 2. The van der Waals surface area contributed by atoms with Crippen LogP contribution >= 0.6 is 11.6 Å². The maximum Gasteiger partial charge on any atom is 0.141 e. The molecular formula is C15H17ClFN3. The SMILES string of the molecule is CCCc1nn(-c2ccc(F)c(Cl)c2)c2c1CNCC2. The molecule has 2 aromatic rings. The number of fused-ring (bicyclic) bond motifs is 1. The number of aromatic nitrogens is 2. The van der Waals surface area contributed by atoms with Crippen LogP contribution < -0.4 is 5.32 Å². The van der Waals surface area contributed by atoms with Gasteiger partial charge in [0, 0.05) is 25.1 Å². The van der Waals surface area contributed by atoms with Gasteiger partial charge in [0.1, 0.15) is 5.82 Å². The molecule has 0 saturated heterocycles. The van der Waals surface area contributed by atoms with Crippen molar-refractivity contribution in [2.24, 2.45) is 0 Å². The molecule has 20 heavy (non-hydrogen) atoms. The van der Waals surface area contributed by atoms with Crippen LogP contribution in [0.15, 0.2) is 18.2 Å². The van der Waals surface area contributed by atoms with E-state index in [0.717, 1.165) is 43.7 Å². The van der Waals surface area contributed by atoms with Crippen LogP contribution in [-0.2, 0) is 19.4 Å². The first-order valence-electron chi connectivity index (χ1n) is 6.96. The van der Waals surface area contributed by atoms with E-state index in [-0.39, 0.29) is 5.02 Å². The Bertz CT molecular complexity index is 636. The van der Waals surface area contributed by atoms with Crippen LogP contribution in [0.3, 0.4) is 0 Å². The number of benzene rings is 1. The first-order valence-corrected chi connectivity index (χ1v) is 7.34.